The lowest BCUT2D eigenvalue weighted by molar-refractivity contribution is 0.606. The molecule has 1 aromatic heterocycles. The normalized spacial score (nSPS) is 21.3. The maximum Gasteiger partial charge on any atom is 0.224 e. The zero-order valence-corrected chi connectivity index (χ0v) is 9.61. The van der Waals surface area contributed by atoms with E-state index in [4.69, 9.17) is 11.6 Å². The van der Waals surface area contributed by atoms with Gasteiger partial charge in [0.2, 0.25) is 5.28 Å². The van der Waals surface area contributed by atoms with Crippen molar-refractivity contribution in [1.29, 1.82) is 0 Å². The van der Waals surface area contributed by atoms with Gasteiger partial charge in [0.15, 0.2) is 11.6 Å². The van der Waals surface area contributed by atoms with Gasteiger partial charge in [-0.05, 0) is 30.2 Å². The van der Waals surface area contributed by atoms with E-state index in [-0.39, 0.29) is 17.1 Å². The van der Waals surface area contributed by atoms with Crippen molar-refractivity contribution in [1.82, 2.24) is 9.97 Å². The van der Waals surface area contributed by atoms with E-state index in [2.05, 4.69) is 15.3 Å². The van der Waals surface area contributed by atoms with Crippen molar-refractivity contribution >= 4 is 29.2 Å². The first-order chi connectivity index (χ1) is 7.25. The monoisotopic (exact) mass is 247 g/mol. The van der Waals surface area contributed by atoms with E-state index in [1.54, 1.807) is 0 Å². The lowest BCUT2D eigenvalue weighted by atomic mass is 10.2. The molecule has 0 amide bonds. The van der Waals surface area contributed by atoms with Gasteiger partial charge in [0.25, 0.3) is 0 Å². The highest BCUT2D eigenvalue weighted by Gasteiger charge is 2.16. The van der Waals surface area contributed by atoms with Gasteiger partial charge in [0, 0.05) is 11.8 Å². The molecular weight excluding hydrogens is 237 g/mol. The molecule has 82 valence electrons. The predicted molar refractivity (Wildman–Crippen MR) is 61.0 cm³/mol. The van der Waals surface area contributed by atoms with E-state index < -0.39 is 5.82 Å². The summed E-state index contributed by atoms with van der Waals surface area (Å²) in [5.41, 5.74) is 0. The summed E-state index contributed by atoms with van der Waals surface area (Å²) in [7, 11) is 0. The number of hydrogen-bond acceptors (Lipinski definition) is 4. The van der Waals surface area contributed by atoms with Crippen LogP contribution in [0.1, 0.15) is 12.8 Å². The summed E-state index contributed by atoms with van der Waals surface area (Å²) in [6.45, 7) is 0. The van der Waals surface area contributed by atoms with Gasteiger partial charge in [-0.3, -0.25) is 0 Å². The Labute approximate surface area is 96.8 Å². The molecule has 1 aromatic rings. The second kappa shape index (κ2) is 4.99. The summed E-state index contributed by atoms with van der Waals surface area (Å²) >= 11 is 7.47. The summed E-state index contributed by atoms with van der Waals surface area (Å²) in [5, 5.41) is 3.13. The number of anilines is 1. The van der Waals surface area contributed by atoms with Crippen molar-refractivity contribution in [3.05, 3.63) is 17.3 Å². The van der Waals surface area contributed by atoms with Crippen molar-refractivity contribution in [3.63, 3.8) is 0 Å². The highest BCUT2D eigenvalue weighted by molar-refractivity contribution is 7.99. The first-order valence-electron chi connectivity index (χ1n) is 4.78. The molecule has 1 aliphatic rings. The molecule has 0 saturated carbocycles. The summed E-state index contributed by atoms with van der Waals surface area (Å²) in [6, 6.07) is 0.282. The Morgan fingerprint density at radius 1 is 1.60 bits per heavy atom. The van der Waals surface area contributed by atoms with Crippen molar-refractivity contribution in [2.75, 3.05) is 16.8 Å². The third-order valence-electron chi connectivity index (χ3n) is 2.22. The van der Waals surface area contributed by atoms with Crippen LogP contribution in [0.15, 0.2) is 6.20 Å². The quantitative estimate of drug-likeness (QED) is 0.816. The fourth-order valence-electron chi connectivity index (χ4n) is 1.49. The molecule has 1 atom stereocenters. The van der Waals surface area contributed by atoms with Gasteiger partial charge in [-0.25, -0.2) is 9.37 Å². The highest BCUT2D eigenvalue weighted by Crippen LogP contribution is 2.21. The van der Waals surface area contributed by atoms with Crippen LogP contribution in [-0.4, -0.2) is 27.5 Å². The Kier molecular flexibility index (Phi) is 3.64. The second-order valence-electron chi connectivity index (χ2n) is 3.39. The van der Waals surface area contributed by atoms with Crippen LogP contribution >= 0.6 is 23.4 Å². The zero-order valence-electron chi connectivity index (χ0n) is 8.04. The summed E-state index contributed by atoms with van der Waals surface area (Å²) in [4.78, 5) is 7.39. The molecule has 1 aliphatic heterocycles. The minimum absolute atomic E-state index is 0.0716. The van der Waals surface area contributed by atoms with Crippen LogP contribution < -0.4 is 5.32 Å². The molecule has 3 nitrogen and oxygen atoms in total. The SMILES string of the molecule is Fc1cnc(Cl)nc1NC1CCCSC1. The van der Waals surface area contributed by atoms with E-state index >= 15 is 0 Å². The minimum atomic E-state index is -0.449. The third-order valence-corrected chi connectivity index (χ3v) is 3.61. The number of nitrogens with zero attached hydrogens (tertiary/aromatic N) is 2. The Bertz CT molecular complexity index is 344. The van der Waals surface area contributed by atoms with E-state index in [0.29, 0.717) is 0 Å². The largest absolute Gasteiger partial charge is 0.364 e. The standard InChI is InChI=1S/C9H11ClFN3S/c10-9-12-4-7(11)8(14-9)13-6-2-1-3-15-5-6/h4,6H,1-3,5H2,(H,12,13,14). The molecule has 0 bridgehead atoms. The van der Waals surface area contributed by atoms with Crippen molar-refractivity contribution < 1.29 is 4.39 Å². The number of halogens is 2. The predicted octanol–water partition coefficient (Wildman–Crippen LogP) is 2.58. The number of nitrogens with one attached hydrogen (secondary N) is 1. The van der Waals surface area contributed by atoms with Gasteiger partial charge in [0.05, 0.1) is 6.20 Å². The lowest BCUT2D eigenvalue weighted by Crippen LogP contribution is -2.26. The molecule has 0 aliphatic carbocycles. The van der Waals surface area contributed by atoms with Crippen molar-refractivity contribution in [3.8, 4) is 0 Å². The first kappa shape index (κ1) is 11.0. The Balaban J connectivity index is 2.05. The second-order valence-corrected chi connectivity index (χ2v) is 4.88. The van der Waals surface area contributed by atoms with Gasteiger partial charge in [-0.2, -0.15) is 16.7 Å². The Morgan fingerprint density at radius 3 is 3.20 bits per heavy atom. The molecule has 1 saturated heterocycles. The Morgan fingerprint density at radius 2 is 2.47 bits per heavy atom. The van der Waals surface area contributed by atoms with Gasteiger partial charge >= 0.3 is 0 Å². The fraction of sp³-hybridized carbons (Fsp3) is 0.556. The summed E-state index contributed by atoms with van der Waals surface area (Å²) in [6.07, 6.45) is 3.30. The van der Waals surface area contributed by atoms with E-state index in [1.807, 2.05) is 11.8 Å². The lowest BCUT2D eigenvalue weighted by Gasteiger charge is -2.22. The van der Waals surface area contributed by atoms with Crippen LogP contribution in [0.25, 0.3) is 0 Å². The van der Waals surface area contributed by atoms with Crippen molar-refractivity contribution in [2.24, 2.45) is 0 Å². The smallest absolute Gasteiger partial charge is 0.224 e. The first-order valence-corrected chi connectivity index (χ1v) is 6.31. The van der Waals surface area contributed by atoms with Crippen LogP contribution in [0.3, 0.4) is 0 Å². The average Bonchev–Trinajstić information content (AvgIpc) is 2.25. The van der Waals surface area contributed by atoms with Crippen LogP contribution in [0.4, 0.5) is 10.2 Å². The molecule has 1 unspecified atom stereocenters. The van der Waals surface area contributed by atoms with Gasteiger partial charge in [-0.15, -0.1) is 0 Å². The molecule has 0 spiro atoms. The number of aromatic nitrogens is 2. The number of hydrogen-bond donors (Lipinski definition) is 1. The molecule has 0 aromatic carbocycles. The fourth-order valence-corrected chi connectivity index (χ4v) is 2.70. The van der Waals surface area contributed by atoms with Crippen LogP contribution in [-0.2, 0) is 0 Å². The van der Waals surface area contributed by atoms with Crippen LogP contribution in [0.2, 0.25) is 5.28 Å². The maximum absolute atomic E-state index is 13.3. The average molecular weight is 248 g/mol. The highest BCUT2D eigenvalue weighted by atomic mass is 35.5. The number of rotatable bonds is 2. The van der Waals surface area contributed by atoms with E-state index in [0.717, 1.165) is 24.8 Å². The van der Waals surface area contributed by atoms with E-state index in [9.17, 15) is 4.39 Å². The topological polar surface area (TPSA) is 37.8 Å². The molecule has 15 heavy (non-hydrogen) atoms. The molecule has 0 radical (unpaired) electrons. The summed E-state index contributed by atoms with van der Waals surface area (Å²) < 4.78 is 13.3. The third kappa shape index (κ3) is 2.95. The van der Waals surface area contributed by atoms with Gasteiger partial charge < -0.3 is 5.32 Å². The molecule has 1 N–H and O–H groups in total. The van der Waals surface area contributed by atoms with Crippen LogP contribution in [0.5, 0.6) is 0 Å². The Hall–Kier alpha value is -0.550. The maximum atomic E-state index is 13.3. The number of thioether (sulfide) groups is 1. The van der Waals surface area contributed by atoms with Gasteiger partial charge in [-0.1, -0.05) is 0 Å². The molecule has 6 heteroatoms. The van der Waals surface area contributed by atoms with Crippen LogP contribution in [0, 0.1) is 5.82 Å². The van der Waals surface area contributed by atoms with Crippen molar-refractivity contribution in [2.45, 2.75) is 18.9 Å². The van der Waals surface area contributed by atoms with Gasteiger partial charge in [0.1, 0.15) is 0 Å². The molecule has 2 rings (SSSR count). The summed E-state index contributed by atoms with van der Waals surface area (Å²) in [5.74, 6) is 1.93. The zero-order chi connectivity index (χ0) is 10.7. The minimum Gasteiger partial charge on any atom is -0.364 e. The molecular formula is C9H11ClFN3S. The van der Waals surface area contributed by atoms with E-state index in [1.165, 1.54) is 5.75 Å². The molecule has 1 fully saturated rings. The molecule has 2 heterocycles.